The van der Waals surface area contributed by atoms with Crippen LogP contribution in [0.15, 0.2) is 29.3 Å². The van der Waals surface area contributed by atoms with Gasteiger partial charge >= 0.3 is 0 Å². The van der Waals surface area contributed by atoms with Crippen LogP contribution in [0.2, 0.25) is 0 Å². The highest BCUT2D eigenvalue weighted by atomic mass is 15.1. The van der Waals surface area contributed by atoms with Gasteiger partial charge in [-0.2, -0.15) is 0 Å². The molecule has 4 heteroatoms. The van der Waals surface area contributed by atoms with Gasteiger partial charge in [-0.3, -0.25) is 4.90 Å². The third-order valence-electron chi connectivity index (χ3n) is 5.18. The van der Waals surface area contributed by atoms with Crippen molar-refractivity contribution < 1.29 is 0 Å². The molecule has 1 aliphatic heterocycles. The second-order valence-corrected chi connectivity index (χ2v) is 6.98. The van der Waals surface area contributed by atoms with Crippen molar-refractivity contribution in [2.45, 2.75) is 51.6 Å². The first kappa shape index (κ1) is 16.3. The average molecular weight is 314 g/mol. The second-order valence-electron chi connectivity index (χ2n) is 6.98. The van der Waals surface area contributed by atoms with Crippen molar-refractivity contribution >= 4 is 5.96 Å². The summed E-state index contributed by atoms with van der Waals surface area (Å²) in [5, 5.41) is 3.27. The fourth-order valence-corrected chi connectivity index (χ4v) is 3.40. The van der Waals surface area contributed by atoms with Crippen LogP contribution in [0.25, 0.3) is 0 Å². The smallest absolute Gasteiger partial charge is 0.188 e. The van der Waals surface area contributed by atoms with Crippen LogP contribution in [0.3, 0.4) is 0 Å². The van der Waals surface area contributed by atoms with E-state index in [9.17, 15) is 0 Å². The van der Waals surface area contributed by atoms with Crippen molar-refractivity contribution in [3.63, 3.8) is 0 Å². The van der Waals surface area contributed by atoms with E-state index in [4.69, 9.17) is 5.73 Å². The maximum atomic E-state index is 6.01. The fraction of sp³-hybridized carbons (Fsp3) is 0.632. The van der Waals surface area contributed by atoms with Crippen molar-refractivity contribution in [3.05, 3.63) is 35.4 Å². The van der Waals surface area contributed by atoms with Gasteiger partial charge in [-0.15, -0.1) is 0 Å². The molecule has 2 fully saturated rings. The Morgan fingerprint density at radius 2 is 1.83 bits per heavy atom. The Labute approximate surface area is 140 Å². The van der Waals surface area contributed by atoms with Crippen LogP contribution < -0.4 is 11.1 Å². The van der Waals surface area contributed by atoms with Gasteiger partial charge in [0.2, 0.25) is 0 Å². The molecule has 3 rings (SSSR count). The van der Waals surface area contributed by atoms with Crippen molar-refractivity contribution in [2.24, 2.45) is 16.6 Å². The third-order valence-corrected chi connectivity index (χ3v) is 5.18. The summed E-state index contributed by atoms with van der Waals surface area (Å²) in [5.41, 5.74) is 8.70. The highest BCUT2D eigenvalue weighted by Crippen LogP contribution is 2.25. The number of guanidine groups is 1. The highest BCUT2D eigenvalue weighted by Gasteiger charge is 2.17. The lowest BCUT2D eigenvalue weighted by atomic mass is 9.85. The van der Waals surface area contributed by atoms with E-state index in [1.165, 1.54) is 62.7 Å². The Bertz CT molecular complexity index is 516. The maximum Gasteiger partial charge on any atom is 0.188 e. The lowest BCUT2D eigenvalue weighted by Crippen LogP contribution is -2.37. The topological polar surface area (TPSA) is 53.6 Å². The molecule has 3 N–H and O–H groups in total. The van der Waals surface area contributed by atoms with Crippen LogP contribution in [0.1, 0.15) is 49.7 Å². The van der Waals surface area contributed by atoms with Crippen LogP contribution >= 0.6 is 0 Å². The maximum absolute atomic E-state index is 6.01. The van der Waals surface area contributed by atoms with E-state index in [1.54, 1.807) is 0 Å². The van der Waals surface area contributed by atoms with E-state index in [0.29, 0.717) is 12.5 Å². The van der Waals surface area contributed by atoms with E-state index in [1.807, 2.05) is 0 Å². The van der Waals surface area contributed by atoms with Gasteiger partial charge in [0.05, 0.1) is 6.54 Å². The van der Waals surface area contributed by atoms with Gasteiger partial charge in [0.25, 0.3) is 0 Å². The summed E-state index contributed by atoms with van der Waals surface area (Å²) in [4.78, 5) is 7.10. The number of nitrogens with zero attached hydrogens (tertiary/aromatic N) is 2. The van der Waals surface area contributed by atoms with Gasteiger partial charge in [-0.05, 0) is 55.8 Å². The van der Waals surface area contributed by atoms with Crippen molar-refractivity contribution in [3.8, 4) is 0 Å². The fourth-order valence-electron chi connectivity index (χ4n) is 3.40. The molecule has 1 heterocycles. The molecule has 1 saturated heterocycles. The van der Waals surface area contributed by atoms with Crippen LogP contribution in [-0.4, -0.2) is 30.5 Å². The normalized spacial score (nSPS) is 20.3. The number of aliphatic imine (C=N–C) groups is 1. The van der Waals surface area contributed by atoms with Crippen molar-refractivity contribution in [1.82, 2.24) is 10.2 Å². The molecule has 126 valence electrons. The lowest BCUT2D eigenvalue weighted by molar-refractivity contribution is 0.220. The van der Waals surface area contributed by atoms with E-state index in [2.05, 4.69) is 39.5 Å². The summed E-state index contributed by atoms with van der Waals surface area (Å²) >= 11 is 0. The summed E-state index contributed by atoms with van der Waals surface area (Å²) < 4.78 is 0. The molecular weight excluding hydrogens is 284 g/mol. The van der Waals surface area contributed by atoms with Gasteiger partial charge in [-0.1, -0.05) is 37.1 Å². The van der Waals surface area contributed by atoms with Gasteiger partial charge in [0.1, 0.15) is 0 Å². The van der Waals surface area contributed by atoms with Gasteiger partial charge < -0.3 is 11.1 Å². The first-order chi connectivity index (χ1) is 11.3. The molecule has 0 atom stereocenters. The molecule has 0 amide bonds. The van der Waals surface area contributed by atoms with E-state index in [0.717, 1.165) is 19.0 Å². The van der Waals surface area contributed by atoms with Crippen LogP contribution in [0.5, 0.6) is 0 Å². The van der Waals surface area contributed by atoms with Crippen molar-refractivity contribution in [1.29, 1.82) is 0 Å². The summed E-state index contributed by atoms with van der Waals surface area (Å²) in [7, 11) is 0. The predicted octanol–water partition coefficient (Wildman–Crippen LogP) is 2.88. The number of hydrogen-bond acceptors (Lipinski definition) is 2. The number of nitrogens with one attached hydrogen (secondary N) is 1. The summed E-state index contributed by atoms with van der Waals surface area (Å²) in [6.07, 6.45) is 8.08. The molecular formula is C19H30N4. The Hall–Kier alpha value is -1.55. The summed E-state index contributed by atoms with van der Waals surface area (Å²) in [5.74, 6) is 1.39. The molecule has 0 bridgehead atoms. The largest absolute Gasteiger partial charge is 0.370 e. The Balaban J connectivity index is 1.53. The molecule has 0 radical (unpaired) electrons. The molecule has 2 aliphatic rings. The molecule has 1 aliphatic carbocycles. The van der Waals surface area contributed by atoms with Crippen LogP contribution in [0, 0.1) is 5.92 Å². The summed E-state index contributed by atoms with van der Waals surface area (Å²) in [6, 6.07) is 8.65. The molecule has 0 unspecified atom stereocenters. The monoisotopic (exact) mass is 314 g/mol. The van der Waals surface area contributed by atoms with Gasteiger partial charge in [-0.25, -0.2) is 4.99 Å². The highest BCUT2D eigenvalue weighted by molar-refractivity contribution is 5.77. The standard InChI is InChI=1S/C19H30N4/c20-19(21-13-16-7-6-8-16)22-14-17-9-2-3-10-18(17)15-23-11-4-1-5-12-23/h2-3,9-10,16H,1,4-8,11-15H2,(H3,20,21,22). The predicted molar refractivity (Wildman–Crippen MR) is 96.2 cm³/mol. The minimum Gasteiger partial charge on any atom is -0.370 e. The van der Waals surface area contributed by atoms with Crippen LogP contribution in [-0.2, 0) is 13.1 Å². The quantitative estimate of drug-likeness (QED) is 0.627. The minimum atomic E-state index is 0.588. The molecule has 0 aromatic heterocycles. The first-order valence-electron chi connectivity index (χ1n) is 9.14. The average Bonchev–Trinajstić information content (AvgIpc) is 2.53. The first-order valence-corrected chi connectivity index (χ1v) is 9.14. The second kappa shape index (κ2) is 8.34. The zero-order chi connectivity index (χ0) is 15.9. The SMILES string of the molecule is NC(=NCc1ccccc1CN1CCCCC1)NCC1CCC1. The Morgan fingerprint density at radius 3 is 2.52 bits per heavy atom. The zero-order valence-electron chi connectivity index (χ0n) is 14.1. The Morgan fingerprint density at radius 1 is 1.09 bits per heavy atom. The third kappa shape index (κ3) is 4.96. The molecule has 0 spiro atoms. The zero-order valence-corrected chi connectivity index (χ0v) is 14.1. The molecule has 1 aromatic carbocycles. The minimum absolute atomic E-state index is 0.588. The summed E-state index contributed by atoms with van der Waals surface area (Å²) in [6.45, 7) is 5.14. The van der Waals surface area contributed by atoms with Crippen LogP contribution in [0.4, 0.5) is 0 Å². The number of rotatable bonds is 6. The number of benzene rings is 1. The molecule has 23 heavy (non-hydrogen) atoms. The molecule has 4 nitrogen and oxygen atoms in total. The van der Waals surface area contributed by atoms with Gasteiger partial charge in [0, 0.05) is 13.1 Å². The van der Waals surface area contributed by atoms with E-state index < -0.39 is 0 Å². The van der Waals surface area contributed by atoms with Crippen molar-refractivity contribution in [2.75, 3.05) is 19.6 Å². The molecule has 1 aromatic rings. The van der Waals surface area contributed by atoms with E-state index in [-0.39, 0.29) is 0 Å². The number of hydrogen-bond donors (Lipinski definition) is 2. The molecule has 1 saturated carbocycles. The number of nitrogens with two attached hydrogens (primary N) is 1. The number of piperidine rings is 1. The lowest BCUT2D eigenvalue weighted by Gasteiger charge is -2.27. The Kier molecular flexibility index (Phi) is 5.92. The van der Waals surface area contributed by atoms with E-state index >= 15 is 0 Å². The number of likely N-dealkylation sites (tertiary alicyclic amines) is 1. The van der Waals surface area contributed by atoms with Gasteiger partial charge in [0.15, 0.2) is 5.96 Å².